The molecule has 1 saturated carbocycles. The molecule has 0 N–H and O–H groups in total. The minimum Gasteiger partial charge on any atom is -0.419 e. The average Bonchev–Trinajstić information content (AvgIpc) is 3.18. The molecule has 1 aliphatic rings. The van der Waals surface area contributed by atoms with E-state index >= 15 is 0 Å². The number of aromatic nitrogens is 5. The first kappa shape index (κ1) is 15.4. The predicted molar refractivity (Wildman–Crippen MR) is 91.7 cm³/mol. The van der Waals surface area contributed by atoms with Gasteiger partial charge in [-0.2, -0.15) is 0 Å². The highest BCUT2D eigenvalue weighted by atomic mass is 32.2. The number of aryl methyl sites for hydroxylation is 1. The van der Waals surface area contributed by atoms with Gasteiger partial charge in [-0.3, -0.25) is 0 Å². The van der Waals surface area contributed by atoms with Gasteiger partial charge in [-0.15, -0.1) is 20.4 Å². The van der Waals surface area contributed by atoms with Gasteiger partial charge in [-0.25, -0.2) is 0 Å². The van der Waals surface area contributed by atoms with E-state index in [1.165, 1.54) is 18.4 Å². The molecule has 2 aromatic heterocycles. The fraction of sp³-hybridized carbons (Fsp3) is 0.412. The normalized spacial score (nSPS) is 15.6. The summed E-state index contributed by atoms with van der Waals surface area (Å²) in [5, 5.41) is 17.9. The Morgan fingerprint density at radius 3 is 2.58 bits per heavy atom. The number of hydrogen-bond donors (Lipinski definition) is 0. The lowest BCUT2D eigenvalue weighted by atomic mass is 10.1. The third kappa shape index (κ3) is 2.96. The maximum Gasteiger partial charge on any atom is 0.247 e. The van der Waals surface area contributed by atoms with Crippen molar-refractivity contribution in [2.45, 2.75) is 43.0 Å². The summed E-state index contributed by atoms with van der Waals surface area (Å²) in [6.07, 6.45) is 2.44. The first-order chi connectivity index (χ1) is 11.6. The van der Waals surface area contributed by atoms with Gasteiger partial charge in [-0.1, -0.05) is 29.5 Å². The van der Waals surface area contributed by atoms with Crippen LogP contribution in [-0.4, -0.2) is 25.0 Å². The maximum atomic E-state index is 5.85. The van der Waals surface area contributed by atoms with Crippen molar-refractivity contribution in [2.75, 3.05) is 0 Å². The van der Waals surface area contributed by atoms with Crippen molar-refractivity contribution in [3.8, 4) is 11.5 Å². The van der Waals surface area contributed by atoms with E-state index in [9.17, 15) is 0 Å². The van der Waals surface area contributed by atoms with Gasteiger partial charge in [0, 0.05) is 18.5 Å². The monoisotopic (exact) mass is 341 g/mol. The summed E-state index contributed by atoms with van der Waals surface area (Å²) in [7, 11) is 2.02. The van der Waals surface area contributed by atoms with E-state index in [2.05, 4.69) is 31.9 Å². The largest absolute Gasteiger partial charge is 0.419 e. The standard InChI is InChI=1S/C17H19N5OS/c1-10-4-6-13(7-5-10)16-20-19-15(23-16)11(2)24-17-21-18-14(22(17)3)12-8-9-12/h4-7,11-12H,8-9H2,1-3H3/t11-/m1/s1. The van der Waals surface area contributed by atoms with Gasteiger partial charge < -0.3 is 8.98 Å². The molecular formula is C17H19N5OS. The lowest BCUT2D eigenvalue weighted by Crippen LogP contribution is -1.98. The molecule has 4 rings (SSSR count). The van der Waals surface area contributed by atoms with Crippen LogP contribution in [0.5, 0.6) is 0 Å². The highest BCUT2D eigenvalue weighted by Gasteiger charge is 2.30. The molecule has 3 aromatic rings. The van der Waals surface area contributed by atoms with Crippen LogP contribution in [0.2, 0.25) is 0 Å². The van der Waals surface area contributed by atoms with Crippen LogP contribution in [0, 0.1) is 6.92 Å². The highest BCUT2D eigenvalue weighted by Crippen LogP contribution is 2.41. The summed E-state index contributed by atoms with van der Waals surface area (Å²) in [5.74, 6) is 2.82. The number of thioether (sulfide) groups is 1. The Labute approximate surface area is 144 Å². The second-order valence-electron chi connectivity index (χ2n) is 6.25. The van der Waals surface area contributed by atoms with Crippen LogP contribution >= 0.6 is 11.8 Å². The molecule has 7 heteroatoms. The van der Waals surface area contributed by atoms with Gasteiger partial charge >= 0.3 is 0 Å². The van der Waals surface area contributed by atoms with Crippen molar-refractivity contribution in [2.24, 2.45) is 7.05 Å². The molecule has 0 aliphatic heterocycles. The number of rotatable bonds is 5. The summed E-state index contributed by atoms with van der Waals surface area (Å²) < 4.78 is 7.93. The number of nitrogens with zero attached hydrogens (tertiary/aromatic N) is 5. The predicted octanol–water partition coefficient (Wildman–Crippen LogP) is 3.90. The summed E-state index contributed by atoms with van der Waals surface area (Å²) in [4.78, 5) is 0. The van der Waals surface area contributed by atoms with Crippen molar-refractivity contribution < 1.29 is 4.42 Å². The molecule has 0 unspecified atom stereocenters. The number of hydrogen-bond acceptors (Lipinski definition) is 6. The van der Waals surface area contributed by atoms with Crippen molar-refractivity contribution >= 4 is 11.8 Å². The quantitative estimate of drug-likeness (QED) is 0.656. The Balaban J connectivity index is 1.50. The molecule has 2 heterocycles. The zero-order chi connectivity index (χ0) is 16.7. The SMILES string of the molecule is Cc1ccc(-c2nnc([C@@H](C)Sc3nnc(C4CC4)n3C)o2)cc1. The van der Waals surface area contributed by atoms with Crippen LogP contribution in [0.15, 0.2) is 33.8 Å². The van der Waals surface area contributed by atoms with E-state index in [1.54, 1.807) is 11.8 Å². The van der Waals surface area contributed by atoms with Crippen molar-refractivity contribution in [3.63, 3.8) is 0 Å². The minimum atomic E-state index is 0.0200. The van der Waals surface area contributed by atoms with Crippen molar-refractivity contribution in [1.29, 1.82) is 0 Å². The summed E-state index contributed by atoms with van der Waals surface area (Å²) >= 11 is 1.59. The van der Waals surface area contributed by atoms with E-state index in [-0.39, 0.29) is 5.25 Å². The Kier molecular flexibility index (Phi) is 3.88. The van der Waals surface area contributed by atoms with Gasteiger partial charge in [-0.05, 0) is 38.8 Å². The third-order valence-corrected chi connectivity index (χ3v) is 5.30. The van der Waals surface area contributed by atoms with Crippen LogP contribution in [0.25, 0.3) is 11.5 Å². The molecule has 0 saturated heterocycles. The second-order valence-corrected chi connectivity index (χ2v) is 7.55. The van der Waals surface area contributed by atoms with Crippen molar-refractivity contribution in [3.05, 3.63) is 41.5 Å². The molecule has 1 atom stereocenters. The Bertz CT molecular complexity index is 850. The average molecular weight is 341 g/mol. The molecule has 0 bridgehead atoms. The summed E-state index contributed by atoms with van der Waals surface area (Å²) in [6.45, 7) is 4.10. The topological polar surface area (TPSA) is 69.6 Å². The molecule has 1 aliphatic carbocycles. The smallest absolute Gasteiger partial charge is 0.247 e. The van der Waals surface area contributed by atoms with Gasteiger partial charge in [0.2, 0.25) is 11.8 Å². The van der Waals surface area contributed by atoms with Crippen LogP contribution < -0.4 is 0 Å². The zero-order valence-corrected chi connectivity index (χ0v) is 14.7. The summed E-state index contributed by atoms with van der Waals surface area (Å²) in [5.41, 5.74) is 2.14. The van der Waals surface area contributed by atoms with Gasteiger partial charge in [0.05, 0.1) is 5.25 Å². The molecule has 124 valence electrons. The van der Waals surface area contributed by atoms with Crippen molar-refractivity contribution in [1.82, 2.24) is 25.0 Å². The van der Waals surface area contributed by atoms with Gasteiger partial charge in [0.15, 0.2) is 5.16 Å². The summed E-state index contributed by atoms with van der Waals surface area (Å²) in [6, 6.07) is 8.07. The van der Waals surface area contributed by atoms with E-state index in [0.29, 0.717) is 17.7 Å². The van der Waals surface area contributed by atoms with E-state index in [4.69, 9.17) is 4.42 Å². The lowest BCUT2D eigenvalue weighted by Gasteiger charge is -2.06. The van der Waals surface area contributed by atoms with E-state index in [1.807, 2.05) is 38.2 Å². The zero-order valence-electron chi connectivity index (χ0n) is 13.9. The Hall–Kier alpha value is -2.15. The van der Waals surface area contributed by atoms with E-state index in [0.717, 1.165) is 16.5 Å². The first-order valence-electron chi connectivity index (χ1n) is 8.08. The fourth-order valence-corrected chi connectivity index (χ4v) is 3.40. The van der Waals surface area contributed by atoms with Crippen LogP contribution in [0.1, 0.15) is 48.2 Å². The van der Waals surface area contributed by atoms with Gasteiger partial charge in [0.1, 0.15) is 5.82 Å². The molecular weight excluding hydrogens is 322 g/mol. The van der Waals surface area contributed by atoms with Gasteiger partial charge in [0.25, 0.3) is 0 Å². The molecule has 6 nitrogen and oxygen atoms in total. The Morgan fingerprint density at radius 2 is 1.88 bits per heavy atom. The first-order valence-corrected chi connectivity index (χ1v) is 8.96. The molecule has 0 amide bonds. The minimum absolute atomic E-state index is 0.0200. The maximum absolute atomic E-state index is 5.85. The lowest BCUT2D eigenvalue weighted by molar-refractivity contribution is 0.508. The molecule has 24 heavy (non-hydrogen) atoms. The number of benzene rings is 1. The van der Waals surface area contributed by atoms with Crippen LogP contribution in [0.4, 0.5) is 0 Å². The molecule has 1 aromatic carbocycles. The highest BCUT2D eigenvalue weighted by molar-refractivity contribution is 7.99. The molecule has 1 fully saturated rings. The van der Waals surface area contributed by atoms with Crippen LogP contribution in [0.3, 0.4) is 0 Å². The third-order valence-electron chi connectivity index (χ3n) is 4.18. The molecule has 0 radical (unpaired) electrons. The second kappa shape index (κ2) is 6.05. The fourth-order valence-electron chi connectivity index (χ4n) is 2.55. The van der Waals surface area contributed by atoms with E-state index < -0.39 is 0 Å². The molecule has 0 spiro atoms. The van der Waals surface area contributed by atoms with Crippen LogP contribution in [-0.2, 0) is 7.05 Å². The Morgan fingerprint density at radius 1 is 1.12 bits per heavy atom.